The highest BCUT2D eigenvalue weighted by Crippen LogP contribution is 2.32. The molecule has 0 spiro atoms. The number of aryl methyl sites for hydroxylation is 1. The van der Waals surface area contributed by atoms with Gasteiger partial charge in [-0.2, -0.15) is 0 Å². The van der Waals surface area contributed by atoms with Crippen molar-refractivity contribution >= 4 is 16.5 Å². The van der Waals surface area contributed by atoms with E-state index in [1.54, 1.807) is 0 Å². The lowest BCUT2D eigenvalue weighted by Crippen LogP contribution is -2.36. The van der Waals surface area contributed by atoms with E-state index >= 15 is 0 Å². The van der Waals surface area contributed by atoms with Gasteiger partial charge in [-0.3, -0.25) is 0 Å². The molecule has 20 heavy (non-hydrogen) atoms. The smallest absolute Gasteiger partial charge is 0.185 e. The van der Waals surface area contributed by atoms with E-state index in [-0.39, 0.29) is 0 Å². The zero-order valence-electron chi connectivity index (χ0n) is 13.1. The van der Waals surface area contributed by atoms with Gasteiger partial charge in [0.1, 0.15) is 0 Å². The van der Waals surface area contributed by atoms with Crippen LogP contribution in [0.25, 0.3) is 0 Å². The molecule has 1 saturated heterocycles. The minimum atomic E-state index is 0.393. The van der Waals surface area contributed by atoms with Gasteiger partial charge in [0.25, 0.3) is 0 Å². The van der Waals surface area contributed by atoms with Crippen molar-refractivity contribution in [2.24, 2.45) is 0 Å². The van der Waals surface area contributed by atoms with Gasteiger partial charge in [-0.05, 0) is 39.7 Å². The van der Waals surface area contributed by atoms with Gasteiger partial charge in [0.05, 0.1) is 5.69 Å². The number of ether oxygens (including phenoxy) is 1. The maximum atomic E-state index is 5.44. The molecule has 0 aromatic carbocycles. The van der Waals surface area contributed by atoms with Gasteiger partial charge in [-0.1, -0.05) is 6.92 Å². The Balaban J connectivity index is 2.05. The molecule has 1 fully saturated rings. The first-order chi connectivity index (χ1) is 9.63. The predicted octanol–water partition coefficient (Wildman–Crippen LogP) is 3.13. The quantitative estimate of drug-likeness (QED) is 0.875. The Bertz CT molecular complexity index is 415. The molecule has 1 N–H and O–H groups in total. The number of thiazole rings is 1. The van der Waals surface area contributed by atoms with E-state index in [1.165, 1.54) is 10.6 Å². The van der Waals surface area contributed by atoms with Crippen LogP contribution in [-0.2, 0) is 4.74 Å². The van der Waals surface area contributed by atoms with Crippen LogP contribution in [0.3, 0.4) is 0 Å². The molecule has 1 atom stereocenters. The minimum absolute atomic E-state index is 0.393. The Labute approximate surface area is 126 Å². The second-order valence-electron chi connectivity index (χ2n) is 5.58. The molecule has 1 unspecified atom stereocenters. The number of nitrogens with one attached hydrogen (secondary N) is 1. The molecule has 5 heteroatoms. The molecular weight excluding hydrogens is 270 g/mol. The monoisotopic (exact) mass is 297 g/mol. The maximum Gasteiger partial charge on any atom is 0.185 e. The summed E-state index contributed by atoms with van der Waals surface area (Å²) in [5.41, 5.74) is 1.17. The van der Waals surface area contributed by atoms with Crippen molar-refractivity contribution < 1.29 is 4.74 Å². The summed E-state index contributed by atoms with van der Waals surface area (Å²) in [5.74, 6) is 0. The molecule has 0 bridgehead atoms. The summed E-state index contributed by atoms with van der Waals surface area (Å²) in [7, 11) is 2.17. The lowest BCUT2D eigenvalue weighted by molar-refractivity contribution is 0.0855. The molecule has 2 heterocycles. The van der Waals surface area contributed by atoms with Crippen LogP contribution in [0.1, 0.15) is 49.7 Å². The van der Waals surface area contributed by atoms with Gasteiger partial charge in [-0.15, -0.1) is 11.3 Å². The fraction of sp³-hybridized carbons (Fsp3) is 0.800. The Morgan fingerprint density at radius 1 is 1.45 bits per heavy atom. The lowest BCUT2D eigenvalue weighted by atomic mass is 10.1. The summed E-state index contributed by atoms with van der Waals surface area (Å²) in [4.78, 5) is 8.49. The highest BCUT2D eigenvalue weighted by Gasteiger charge is 2.22. The van der Waals surface area contributed by atoms with Crippen molar-refractivity contribution in [1.82, 2.24) is 10.3 Å². The number of hydrogen-bond donors (Lipinski definition) is 1. The van der Waals surface area contributed by atoms with Gasteiger partial charge in [0.2, 0.25) is 0 Å². The Kier molecular flexibility index (Phi) is 5.81. The molecule has 1 aliphatic rings. The first-order valence-corrected chi connectivity index (χ1v) is 8.46. The Morgan fingerprint density at radius 3 is 2.80 bits per heavy atom. The van der Waals surface area contributed by atoms with Gasteiger partial charge >= 0.3 is 0 Å². The molecule has 1 aromatic rings. The summed E-state index contributed by atoms with van der Waals surface area (Å²) < 4.78 is 5.44. The molecule has 0 saturated carbocycles. The third kappa shape index (κ3) is 3.71. The first kappa shape index (κ1) is 15.7. The fourth-order valence-corrected chi connectivity index (χ4v) is 3.75. The van der Waals surface area contributed by atoms with Crippen LogP contribution in [0, 0.1) is 6.92 Å². The van der Waals surface area contributed by atoms with Crippen LogP contribution in [0.5, 0.6) is 0 Å². The van der Waals surface area contributed by atoms with E-state index in [9.17, 15) is 0 Å². The molecule has 1 aromatic heterocycles. The number of hydrogen-bond acceptors (Lipinski definition) is 5. The van der Waals surface area contributed by atoms with Crippen molar-refractivity contribution in [1.29, 1.82) is 0 Å². The van der Waals surface area contributed by atoms with Crippen LogP contribution < -0.4 is 10.2 Å². The van der Waals surface area contributed by atoms with Crippen LogP contribution >= 0.6 is 11.3 Å². The van der Waals surface area contributed by atoms with Crippen molar-refractivity contribution in [3.05, 3.63) is 10.6 Å². The van der Waals surface area contributed by atoms with Gasteiger partial charge in [0, 0.05) is 37.2 Å². The van der Waals surface area contributed by atoms with E-state index in [0.717, 1.165) is 44.2 Å². The molecule has 2 rings (SSSR count). The summed E-state index contributed by atoms with van der Waals surface area (Å²) in [5, 5.41) is 4.70. The van der Waals surface area contributed by atoms with E-state index in [1.807, 2.05) is 11.3 Å². The third-order valence-electron chi connectivity index (χ3n) is 3.96. The summed E-state index contributed by atoms with van der Waals surface area (Å²) >= 11 is 1.83. The number of rotatable bonds is 6. The second kappa shape index (κ2) is 7.38. The molecule has 0 radical (unpaired) electrons. The summed E-state index contributed by atoms with van der Waals surface area (Å²) in [6, 6.07) is 0.963. The SMILES string of the molecule is CCCNC(C)c1sc(N(C)C2CCOCC2)nc1C. The number of nitrogens with zero attached hydrogens (tertiary/aromatic N) is 2. The van der Waals surface area contributed by atoms with Crippen molar-refractivity contribution in [3.63, 3.8) is 0 Å². The van der Waals surface area contributed by atoms with Crippen molar-refractivity contribution in [3.8, 4) is 0 Å². The molecule has 4 nitrogen and oxygen atoms in total. The first-order valence-electron chi connectivity index (χ1n) is 7.64. The standard InChI is InChI=1S/C15H27N3OS/c1-5-8-16-11(2)14-12(3)17-15(20-14)18(4)13-6-9-19-10-7-13/h11,13,16H,5-10H2,1-4H3. The summed E-state index contributed by atoms with van der Waals surface area (Å²) in [6.45, 7) is 9.36. The van der Waals surface area contributed by atoms with E-state index in [4.69, 9.17) is 9.72 Å². The molecule has 0 aliphatic carbocycles. The summed E-state index contributed by atoms with van der Waals surface area (Å²) in [6.07, 6.45) is 3.37. The highest BCUT2D eigenvalue weighted by molar-refractivity contribution is 7.15. The zero-order valence-corrected chi connectivity index (χ0v) is 13.9. The lowest BCUT2D eigenvalue weighted by Gasteiger charge is -2.30. The Hall–Kier alpha value is -0.650. The van der Waals surface area contributed by atoms with Gasteiger partial charge in [-0.25, -0.2) is 4.98 Å². The topological polar surface area (TPSA) is 37.4 Å². The molecule has 0 amide bonds. The van der Waals surface area contributed by atoms with Crippen molar-refractivity contribution in [2.45, 2.75) is 52.1 Å². The maximum absolute atomic E-state index is 5.44. The van der Waals surface area contributed by atoms with Crippen LogP contribution in [-0.4, -0.2) is 37.8 Å². The van der Waals surface area contributed by atoms with Gasteiger partial charge in [0.15, 0.2) is 5.13 Å². The third-order valence-corrected chi connectivity index (χ3v) is 5.39. The van der Waals surface area contributed by atoms with E-state index < -0.39 is 0 Å². The van der Waals surface area contributed by atoms with Gasteiger partial charge < -0.3 is 15.0 Å². The largest absolute Gasteiger partial charge is 0.381 e. The normalized spacial score (nSPS) is 18.2. The average Bonchev–Trinajstić information content (AvgIpc) is 2.87. The second-order valence-corrected chi connectivity index (χ2v) is 6.59. The molecular formula is C15H27N3OS. The minimum Gasteiger partial charge on any atom is -0.381 e. The highest BCUT2D eigenvalue weighted by atomic mass is 32.1. The van der Waals surface area contributed by atoms with Crippen LogP contribution in [0.15, 0.2) is 0 Å². The predicted molar refractivity (Wildman–Crippen MR) is 85.8 cm³/mol. The van der Waals surface area contributed by atoms with E-state index in [0.29, 0.717) is 12.1 Å². The molecule has 1 aliphatic heterocycles. The van der Waals surface area contributed by atoms with Crippen molar-refractivity contribution in [2.75, 3.05) is 31.7 Å². The number of anilines is 1. The van der Waals surface area contributed by atoms with Crippen LogP contribution in [0.2, 0.25) is 0 Å². The fourth-order valence-electron chi connectivity index (χ4n) is 2.63. The number of aromatic nitrogens is 1. The average molecular weight is 297 g/mol. The van der Waals surface area contributed by atoms with Crippen LogP contribution in [0.4, 0.5) is 5.13 Å². The van der Waals surface area contributed by atoms with E-state index in [2.05, 4.69) is 38.0 Å². The zero-order chi connectivity index (χ0) is 14.5. The Morgan fingerprint density at radius 2 is 2.15 bits per heavy atom. The molecule has 114 valence electrons.